The van der Waals surface area contributed by atoms with E-state index in [0.717, 1.165) is 0 Å². The number of hydrogen-bond acceptors (Lipinski definition) is 2. The van der Waals surface area contributed by atoms with Gasteiger partial charge in [-0.3, -0.25) is 4.79 Å². The van der Waals surface area contributed by atoms with Crippen LogP contribution in [0.1, 0.15) is 6.42 Å². The molecule has 3 nitrogen and oxygen atoms in total. The van der Waals surface area contributed by atoms with Gasteiger partial charge >= 0.3 is 0 Å². The van der Waals surface area contributed by atoms with Crippen molar-refractivity contribution >= 4 is 5.91 Å². The van der Waals surface area contributed by atoms with Gasteiger partial charge in [0.1, 0.15) is 13.1 Å². The molecule has 0 aromatic heterocycles. The molecule has 0 saturated carbocycles. The molecule has 50 valence electrons. The molecule has 0 fully saturated rings. The molecular weight excluding hydrogens is 123 g/mol. The summed E-state index contributed by atoms with van der Waals surface area (Å²) >= 11 is 0. The Kier molecular flexibility index (Phi) is 4.41. The summed E-state index contributed by atoms with van der Waals surface area (Å²) in [5, 5.41) is 10.1. The van der Waals surface area contributed by atoms with Crippen molar-refractivity contribution in [2.75, 3.05) is 13.2 Å². The van der Waals surface area contributed by atoms with E-state index in [1.165, 1.54) is 0 Å². The van der Waals surface area contributed by atoms with Gasteiger partial charge in [-0.15, -0.1) is 0 Å². The van der Waals surface area contributed by atoms with Crippen LogP contribution in [-0.4, -0.2) is 19.1 Å². The number of carbonyl (C=O) groups excluding carboxylic acids is 1. The molecule has 9 heavy (non-hydrogen) atoms. The zero-order valence-corrected chi connectivity index (χ0v) is 4.85. The van der Waals surface area contributed by atoms with E-state index in [4.69, 9.17) is 5.26 Å². The van der Waals surface area contributed by atoms with Crippen molar-refractivity contribution in [2.45, 2.75) is 6.42 Å². The highest BCUT2D eigenvalue weighted by Crippen LogP contribution is 1.73. The van der Waals surface area contributed by atoms with E-state index in [1.54, 1.807) is 6.07 Å². The van der Waals surface area contributed by atoms with Gasteiger partial charge in [-0.05, 0) is 0 Å². The number of amides is 1. The van der Waals surface area contributed by atoms with Crippen LogP contribution in [0.5, 0.6) is 0 Å². The van der Waals surface area contributed by atoms with Crippen LogP contribution in [0.25, 0.3) is 0 Å². The number of carbonyl (C=O) groups is 1. The van der Waals surface area contributed by atoms with Crippen molar-refractivity contribution in [2.24, 2.45) is 0 Å². The molecule has 1 amide bonds. The Morgan fingerprint density at radius 3 is 2.89 bits per heavy atom. The number of nitrogens with zero attached hydrogens (tertiary/aromatic N) is 1. The summed E-state index contributed by atoms with van der Waals surface area (Å²) in [4.78, 5) is 10.3. The van der Waals surface area contributed by atoms with Crippen molar-refractivity contribution in [3.05, 3.63) is 0 Å². The fourth-order valence-electron chi connectivity index (χ4n) is 0.321. The largest absolute Gasteiger partial charge is 0.353 e. The number of rotatable bonds is 3. The summed E-state index contributed by atoms with van der Waals surface area (Å²) in [6.45, 7) is -0.586. The second-order valence-electron chi connectivity index (χ2n) is 1.37. The van der Waals surface area contributed by atoms with Gasteiger partial charge in [0.05, 0.1) is 6.07 Å². The minimum Gasteiger partial charge on any atom is -0.353 e. The zero-order valence-electron chi connectivity index (χ0n) is 4.85. The van der Waals surface area contributed by atoms with Crippen molar-refractivity contribution in [1.82, 2.24) is 5.32 Å². The maximum Gasteiger partial charge on any atom is 0.234 e. The highest BCUT2D eigenvalue weighted by Gasteiger charge is 1.95. The average molecular weight is 130 g/mol. The zero-order chi connectivity index (χ0) is 7.11. The Hall–Kier alpha value is -1.11. The molecule has 0 radical (unpaired) electrons. The van der Waals surface area contributed by atoms with Crippen LogP contribution in [0, 0.1) is 11.3 Å². The second kappa shape index (κ2) is 5.04. The Morgan fingerprint density at radius 1 is 1.78 bits per heavy atom. The number of nitrogens with one attached hydrogen (secondary N) is 1. The van der Waals surface area contributed by atoms with E-state index < -0.39 is 12.6 Å². The third-order valence-corrected chi connectivity index (χ3v) is 0.656. The molecule has 0 saturated heterocycles. The second-order valence-corrected chi connectivity index (χ2v) is 1.37. The van der Waals surface area contributed by atoms with E-state index in [1.807, 2.05) is 0 Å². The monoisotopic (exact) mass is 130 g/mol. The van der Waals surface area contributed by atoms with Gasteiger partial charge < -0.3 is 5.32 Å². The van der Waals surface area contributed by atoms with Crippen molar-refractivity contribution < 1.29 is 9.18 Å². The fourth-order valence-corrected chi connectivity index (χ4v) is 0.321. The molecule has 0 aliphatic carbocycles. The highest BCUT2D eigenvalue weighted by molar-refractivity contribution is 5.77. The summed E-state index contributed by atoms with van der Waals surface area (Å²) in [6.07, 6.45) is -0.194. The summed E-state index contributed by atoms with van der Waals surface area (Å²) in [6, 6.07) is 1.64. The van der Waals surface area contributed by atoms with Gasteiger partial charge in [0, 0.05) is 6.54 Å². The maximum atomic E-state index is 11.3. The highest BCUT2D eigenvalue weighted by atomic mass is 19.1. The number of hydrogen-bond donors (Lipinski definition) is 1. The molecule has 0 spiro atoms. The number of alkyl halides is 1. The quantitative estimate of drug-likeness (QED) is 0.584. The molecule has 0 rings (SSSR count). The first kappa shape index (κ1) is 7.89. The SMILES string of the molecule is N#CCC(=O)NCCF. The minimum atomic E-state index is -0.586. The maximum absolute atomic E-state index is 11.3. The van der Waals surface area contributed by atoms with E-state index in [-0.39, 0.29) is 13.0 Å². The molecule has 0 unspecified atom stereocenters. The topological polar surface area (TPSA) is 52.9 Å². The smallest absolute Gasteiger partial charge is 0.234 e. The normalized spacial score (nSPS) is 8.00. The van der Waals surface area contributed by atoms with Crippen LogP contribution >= 0.6 is 0 Å². The molecule has 0 heterocycles. The van der Waals surface area contributed by atoms with Crippen LogP contribution in [0.3, 0.4) is 0 Å². The minimum absolute atomic E-state index is 0.000509. The lowest BCUT2D eigenvalue weighted by Crippen LogP contribution is -2.24. The Balaban J connectivity index is 3.19. The lowest BCUT2D eigenvalue weighted by molar-refractivity contribution is -0.120. The van der Waals surface area contributed by atoms with Crippen LogP contribution in [0.2, 0.25) is 0 Å². The van der Waals surface area contributed by atoms with E-state index in [2.05, 4.69) is 5.32 Å². The van der Waals surface area contributed by atoms with E-state index >= 15 is 0 Å². The summed E-state index contributed by atoms with van der Waals surface area (Å²) < 4.78 is 11.3. The van der Waals surface area contributed by atoms with Crippen molar-refractivity contribution in [3.8, 4) is 6.07 Å². The molecule has 0 bridgehead atoms. The number of nitriles is 1. The molecule has 0 atom stereocenters. The standard InChI is InChI=1S/C5H7FN2O/c6-2-4-8-5(9)1-3-7/h1-2,4H2,(H,8,9). The molecule has 0 aliphatic rings. The van der Waals surface area contributed by atoms with Gasteiger partial charge in [-0.1, -0.05) is 0 Å². The Bertz CT molecular complexity index is 129. The predicted octanol–water partition coefficient (Wildman–Crippen LogP) is -0.0142. The molecule has 0 aliphatic heterocycles. The lowest BCUT2D eigenvalue weighted by Gasteiger charge is -1.94. The van der Waals surface area contributed by atoms with Gasteiger partial charge in [0.25, 0.3) is 0 Å². The molecular formula is C5H7FN2O. The van der Waals surface area contributed by atoms with Crippen LogP contribution in [0.15, 0.2) is 0 Å². The third kappa shape index (κ3) is 4.75. The van der Waals surface area contributed by atoms with Crippen LogP contribution < -0.4 is 5.32 Å². The predicted molar refractivity (Wildman–Crippen MR) is 29.2 cm³/mol. The van der Waals surface area contributed by atoms with Crippen molar-refractivity contribution in [3.63, 3.8) is 0 Å². The summed E-state index contributed by atoms with van der Waals surface area (Å²) in [5.74, 6) is -0.421. The van der Waals surface area contributed by atoms with Crippen LogP contribution in [-0.2, 0) is 4.79 Å². The first-order valence-electron chi connectivity index (χ1n) is 2.51. The van der Waals surface area contributed by atoms with Crippen LogP contribution in [0.4, 0.5) is 4.39 Å². The summed E-state index contributed by atoms with van der Waals surface area (Å²) in [7, 11) is 0. The van der Waals surface area contributed by atoms with Gasteiger partial charge in [-0.25, -0.2) is 4.39 Å². The Labute approximate surface area is 52.5 Å². The van der Waals surface area contributed by atoms with Crippen molar-refractivity contribution in [1.29, 1.82) is 5.26 Å². The van der Waals surface area contributed by atoms with E-state index in [0.29, 0.717) is 0 Å². The fraction of sp³-hybridized carbons (Fsp3) is 0.600. The first-order chi connectivity index (χ1) is 4.31. The third-order valence-electron chi connectivity index (χ3n) is 0.656. The van der Waals surface area contributed by atoms with E-state index in [9.17, 15) is 9.18 Å². The van der Waals surface area contributed by atoms with Gasteiger partial charge in [0.15, 0.2) is 0 Å². The molecule has 0 aromatic rings. The Morgan fingerprint density at radius 2 is 2.44 bits per heavy atom. The van der Waals surface area contributed by atoms with Gasteiger partial charge in [-0.2, -0.15) is 5.26 Å². The number of halogens is 1. The molecule has 1 N–H and O–H groups in total. The lowest BCUT2D eigenvalue weighted by atomic mass is 10.4. The summed E-state index contributed by atoms with van der Waals surface area (Å²) in [5.41, 5.74) is 0. The molecule has 0 aromatic carbocycles. The average Bonchev–Trinajstić information content (AvgIpc) is 1.85. The van der Waals surface area contributed by atoms with Gasteiger partial charge in [0.2, 0.25) is 5.91 Å². The molecule has 4 heteroatoms. The first-order valence-corrected chi connectivity index (χ1v) is 2.51.